The first-order chi connectivity index (χ1) is 8.06. The van der Waals surface area contributed by atoms with E-state index in [4.69, 9.17) is 0 Å². The number of carbonyl (C=O) groups excluding carboxylic acids is 1. The summed E-state index contributed by atoms with van der Waals surface area (Å²) in [5, 5.41) is 8.71. The zero-order chi connectivity index (χ0) is 12.4. The van der Waals surface area contributed by atoms with Gasteiger partial charge < -0.3 is 0 Å². The van der Waals surface area contributed by atoms with Gasteiger partial charge in [-0.05, 0) is 32.0 Å². The minimum absolute atomic E-state index is 0.159. The van der Waals surface area contributed by atoms with Gasteiger partial charge in [0.1, 0.15) is 10.8 Å². The molecule has 88 valence electrons. The molecule has 2 rings (SSSR count). The van der Waals surface area contributed by atoms with E-state index in [1.165, 1.54) is 42.2 Å². The summed E-state index contributed by atoms with van der Waals surface area (Å²) in [5.41, 5.74) is 0.378. The Balaban J connectivity index is 2.35. The molecule has 0 atom stereocenters. The van der Waals surface area contributed by atoms with Crippen LogP contribution in [-0.4, -0.2) is 16.0 Å². The van der Waals surface area contributed by atoms with E-state index in [1.54, 1.807) is 6.07 Å². The summed E-state index contributed by atoms with van der Waals surface area (Å²) in [7, 11) is 0. The van der Waals surface area contributed by atoms with Crippen molar-refractivity contribution in [2.75, 3.05) is 0 Å². The number of aryl methyl sites for hydroxylation is 1. The van der Waals surface area contributed by atoms with E-state index in [9.17, 15) is 9.18 Å². The molecular weight excluding hydrogens is 259 g/mol. The molecule has 0 saturated carbocycles. The first kappa shape index (κ1) is 12.2. The number of Topliss-reactive ketones (excluding diaryl/α,β-unsaturated/α-hetero) is 1. The summed E-state index contributed by atoms with van der Waals surface area (Å²) < 4.78 is 13.8. The molecule has 0 unspecified atom stereocenters. The van der Waals surface area contributed by atoms with Gasteiger partial charge in [-0.1, -0.05) is 23.1 Å². The number of ketones is 1. The molecule has 1 aromatic carbocycles. The number of hydrogen-bond acceptors (Lipinski definition) is 5. The first-order valence-electron chi connectivity index (χ1n) is 4.84. The summed E-state index contributed by atoms with van der Waals surface area (Å²) in [6.07, 6.45) is 0. The van der Waals surface area contributed by atoms with Crippen LogP contribution < -0.4 is 0 Å². The van der Waals surface area contributed by atoms with Gasteiger partial charge in [0.05, 0.1) is 0 Å². The molecule has 1 aromatic heterocycles. The van der Waals surface area contributed by atoms with E-state index in [0.29, 0.717) is 10.5 Å². The molecule has 0 aliphatic rings. The van der Waals surface area contributed by atoms with Gasteiger partial charge in [-0.25, -0.2) is 4.39 Å². The van der Waals surface area contributed by atoms with Gasteiger partial charge in [-0.2, -0.15) is 0 Å². The minimum Gasteiger partial charge on any atom is -0.294 e. The second kappa shape index (κ2) is 4.93. The average molecular weight is 268 g/mol. The Morgan fingerprint density at radius 2 is 2.18 bits per heavy atom. The van der Waals surface area contributed by atoms with Crippen molar-refractivity contribution < 1.29 is 9.18 Å². The zero-order valence-electron chi connectivity index (χ0n) is 9.23. The van der Waals surface area contributed by atoms with Gasteiger partial charge in [0, 0.05) is 10.5 Å². The Bertz CT molecular complexity index is 568. The van der Waals surface area contributed by atoms with Gasteiger partial charge in [-0.3, -0.25) is 4.79 Å². The monoisotopic (exact) mass is 268 g/mol. The van der Waals surface area contributed by atoms with E-state index in [0.717, 1.165) is 9.35 Å². The van der Waals surface area contributed by atoms with Crippen LogP contribution in [0.4, 0.5) is 4.39 Å². The molecule has 0 bridgehead atoms. The van der Waals surface area contributed by atoms with Crippen LogP contribution in [0.3, 0.4) is 0 Å². The number of hydrogen-bond donors (Lipinski definition) is 0. The van der Waals surface area contributed by atoms with Gasteiger partial charge in [0.2, 0.25) is 0 Å². The fourth-order valence-electron chi connectivity index (χ4n) is 1.28. The van der Waals surface area contributed by atoms with Gasteiger partial charge in [0.15, 0.2) is 10.1 Å². The average Bonchev–Trinajstić information content (AvgIpc) is 2.66. The molecule has 0 saturated heterocycles. The van der Waals surface area contributed by atoms with Crippen molar-refractivity contribution in [1.82, 2.24) is 10.2 Å². The van der Waals surface area contributed by atoms with Crippen LogP contribution in [0.25, 0.3) is 0 Å². The topological polar surface area (TPSA) is 42.9 Å². The highest BCUT2D eigenvalue weighted by molar-refractivity contribution is 8.01. The van der Waals surface area contributed by atoms with Gasteiger partial charge in [0.25, 0.3) is 0 Å². The summed E-state index contributed by atoms with van der Waals surface area (Å²) in [5.74, 6) is -0.568. The molecular formula is C11H9FN2OS2. The van der Waals surface area contributed by atoms with Crippen LogP contribution in [0.1, 0.15) is 22.3 Å². The van der Waals surface area contributed by atoms with Crippen LogP contribution in [-0.2, 0) is 0 Å². The largest absolute Gasteiger partial charge is 0.294 e. The van der Waals surface area contributed by atoms with Crippen LogP contribution in [0, 0.1) is 12.7 Å². The molecule has 0 spiro atoms. The number of aromatic nitrogens is 2. The van der Waals surface area contributed by atoms with E-state index < -0.39 is 5.82 Å². The second-order valence-electron chi connectivity index (χ2n) is 3.39. The molecule has 1 heterocycles. The molecule has 17 heavy (non-hydrogen) atoms. The molecule has 0 amide bonds. The van der Waals surface area contributed by atoms with Crippen molar-refractivity contribution in [2.45, 2.75) is 23.1 Å². The zero-order valence-corrected chi connectivity index (χ0v) is 10.9. The second-order valence-corrected chi connectivity index (χ2v) is 5.86. The fourth-order valence-corrected chi connectivity index (χ4v) is 3.21. The lowest BCUT2D eigenvalue weighted by molar-refractivity contribution is 0.101. The van der Waals surface area contributed by atoms with Crippen molar-refractivity contribution in [1.29, 1.82) is 0 Å². The number of benzene rings is 1. The Labute approximate surface area is 106 Å². The lowest BCUT2D eigenvalue weighted by Gasteiger charge is -2.03. The molecule has 0 N–H and O–H groups in total. The lowest BCUT2D eigenvalue weighted by Crippen LogP contribution is -1.96. The standard InChI is InChI=1S/C11H9FN2OS2/c1-6(15)9-5-8(12)3-4-10(9)17-11-14-13-7(2)16-11/h3-5H,1-2H3. The Kier molecular flexibility index (Phi) is 3.54. The third-order valence-corrected chi connectivity index (χ3v) is 3.99. The minimum atomic E-state index is -0.409. The fraction of sp³-hybridized carbons (Fsp3) is 0.182. The van der Waals surface area contributed by atoms with Crippen molar-refractivity contribution >= 4 is 28.9 Å². The number of halogens is 1. The molecule has 0 aliphatic carbocycles. The quantitative estimate of drug-likeness (QED) is 0.801. The van der Waals surface area contributed by atoms with Crippen LogP contribution in [0.15, 0.2) is 27.4 Å². The Hall–Kier alpha value is -1.27. The highest BCUT2D eigenvalue weighted by atomic mass is 32.2. The lowest BCUT2D eigenvalue weighted by atomic mass is 10.1. The van der Waals surface area contributed by atoms with Gasteiger partial charge >= 0.3 is 0 Å². The summed E-state index contributed by atoms with van der Waals surface area (Å²) in [4.78, 5) is 12.1. The first-order valence-corrected chi connectivity index (χ1v) is 6.48. The van der Waals surface area contributed by atoms with Crippen molar-refractivity contribution in [3.8, 4) is 0 Å². The highest BCUT2D eigenvalue weighted by Crippen LogP contribution is 2.32. The third kappa shape index (κ3) is 2.89. The van der Waals surface area contributed by atoms with Gasteiger partial charge in [-0.15, -0.1) is 10.2 Å². The normalized spacial score (nSPS) is 10.5. The maximum Gasteiger partial charge on any atom is 0.179 e. The van der Waals surface area contributed by atoms with Crippen molar-refractivity contribution in [3.63, 3.8) is 0 Å². The highest BCUT2D eigenvalue weighted by Gasteiger charge is 2.12. The van der Waals surface area contributed by atoms with Crippen molar-refractivity contribution in [2.24, 2.45) is 0 Å². The predicted molar refractivity (Wildman–Crippen MR) is 65.2 cm³/mol. The third-order valence-electron chi connectivity index (χ3n) is 2.03. The Morgan fingerprint density at radius 3 is 2.76 bits per heavy atom. The molecule has 0 aliphatic heterocycles. The molecule has 6 heteroatoms. The maximum absolute atomic E-state index is 13.1. The SMILES string of the molecule is CC(=O)c1cc(F)ccc1Sc1nnc(C)s1. The summed E-state index contributed by atoms with van der Waals surface area (Å²) >= 11 is 2.77. The summed E-state index contributed by atoms with van der Waals surface area (Å²) in [6.45, 7) is 3.28. The molecule has 3 nitrogen and oxygen atoms in total. The predicted octanol–water partition coefficient (Wildman–Crippen LogP) is 3.34. The van der Waals surface area contributed by atoms with Crippen LogP contribution >= 0.6 is 23.1 Å². The number of carbonyl (C=O) groups is 1. The number of nitrogens with zero attached hydrogens (tertiary/aromatic N) is 2. The summed E-state index contributed by atoms with van der Waals surface area (Å²) in [6, 6.07) is 4.18. The maximum atomic E-state index is 13.1. The van der Waals surface area contributed by atoms with Crippen molar-refractivity contribution in [3.05, 3.63) is 34.6 Å². The molecule has 0 radical (unpaired) electrons. The van der Waals surface area contributed by atoms with E-state index >= 15 is 0 Å². The molecule has 0 fully saturated rings. The smallest absolute Gasteiger partial charge is 0.179 e. The Morgan fingerprint density at radius 1 is 1.41 bits per heavy atom. The van der Waals surface area contributed by atoms with E-state index in [2.05, 4.69) is 10.2 Å². The van der Waals surface area contributed by atoms with Crippen LogP contribution in [0.5, 0.6) is 0 Å². The van der Waals surface area contributed by atoms with E-state index in [1.807, 2.05) is 6.92 Å². The van der Waals surface area contributed by atoms with Crippen LogP contribution in [0.2, 0.25) is 0 Å². The molecule has 2 aromatic rings. The number of rotatable bonds is 3. The van der Waals surface area contributed by atoms with E-state index in [-0.39, 0.29) is 5.78 Å².